The van der Waals surface area contributed by atoms with Crippen LogP contribution in [0.2, 0.25) is 0 Å². The van der Waals surface area contributed by atoms with E-state index >= 15 is 0 Å². The molecule has 1 aliphatic heterocycles. The van der Waals surface area contributed by atoms with Gasteiger partial charge in [-0.05, 0) is 44.4 Å². The largest absolute Gasteiger partial charge is 0.497 e. The van der Waals surface area contributed by atoms with Crippen LogP contribution in [0.15, 0.2) is 22.6 Å². The summed E-state index contributed by atoms with van der Waals surface area (Å²) in [4.78, 5) is 29.2. The van der Waals surface area contributed by atoms with Crippen LogP contribution in [0.1, 0.15) is 48.7 Å². The number of fused-ring (bicyclic) bond motifs is 1. The number of piperidine rings is 1. The molecular formula is C22H30N2O4. The van der Waals surface area contributed by atoms with E-state index in [1.54, 1.807) is 12.0 Å². The summed E-state index contributed by atoms with van der Waals surface area (Å²) in [7, 11) is 3.50. The van der Waals surface area contributed by atoms with Gasteiger partial charge in [-0.2, -0.15) is 0 Å². The minimum atomic E-state index is -0.0992. The maximum absolute atomic E-state index is 13.0. The van der Waals surface area contributed by atoms with Gasteiger partial charge in [0.05, 0.1) is 7.11 Å². The van der Waals surface area contributed by atoms with Crippen molar-refractivity contribution in [3.63, 3.8) is 0 Å². The third-order valence-corrected chi connectivity index (χ3v) is 5.69. The fourth-order valence-corrected chi connectivity index (χ4v) is 3.82. The van der Waals surface area contributed by atoms with Gasteiger partial charge in [-0.15, -0.1) is 0 Å². The van der Waals surface area contributed by atoms with Gasteiger partial charge in [-0.1, -0.05) is 13.3 Å². The normalized spacial score (nSPS) is 15.1. The molecule has 0 radical (unpaired) electrons. The molecule has 2 heterocycles. The first-order valence-electron chi connectivity index (χ1n) is 10.1. The lowest BCUT2D eigenvalue weighted by Crippen LogP contribution is -2.43. The number of furan rings is 1. The van der Waals surface area contributed by atoms with Gasteiger partial charge >= 0.3 is 0 Å². The summed E-state index contributed by atoms with van der Waals surface area (Å²) in [5.41, 5.74) is 1.51. The molecule has 0 spiro atoms. The third-order valence-electron chi connectivity index (χ3n) is 5.69. The summed E-state index contributed by atoms with van der Waals surface area (Å²) in [5.74, 6) is 1.23. The molecule has 28 heavy (non-hydrogen) atoms. The van der Waals surface area contributed by atoms with Crippen LogP contribution < -0.4 is 4.74 Å². The van der Waals surface area contributed by atoms with Crippen LogP contribution in [0.25, 0.3) is 11.0 Å². The topological polar surface area (TPSA) is 63.0 Å². The molecule has 0 aliphatic carbocycles. The average Bonchev–Trinajstić information content (AvgIpc) is 3.06. The van der Waals surface area contributed by atoms with Gasteiger partial charge in [0.15, 0.2) is 5.76 Å². The Morgan fingerprint density at radius 3 is 2.64 bits per heavy atom. The highest BCUT2D eigenvalue weighted by molar-refractivity contribution is 5.99. The Morgan fingerprint density at radius 2 is 2.00 bits per heavy atom. The number of aryl methyl sites for hydroxylation is 1. The van der Waals surface area contributed by atoms with Crippen molar-refractivity contribution >= 4 is 22.8 Å². The van der Waals surface area contributed by atoms with Crippen LogP contribution in [0.5, 0.6) is 5.75 Å². The van der Waals surface area contributed by atoms with Crippen molar-refractivity contribution in [3.8, 4) is 5.75 Å². The number of hydrogen-bond donors (Lipinski definition) is 0. The van der Waals surface area contributed by atoms with Gasteiger partial charge in [0.2, 0.25) is 5.91 Å². The van der Waals surface area contributed by atoms with Crippen LogP contribution >= 0.6 is 0 Å². The van der Waals surface area contributed by atoms with Crippen molar-refractivity contribution in [1.29, 1.82) is 0 Å². The van der Waals surface area contributed by atoms with Crippen molar-refractivity contribution in [2.75, 3.05) is 33.8 Å². The molecule has 152 valence electrons. The highest BCUT2D eigenvalue weighted by atomic mass is 16.5. The van der Waals surface area contributed by atoms with E-state index in [2.05, 4.69) is 6.92 Å². The number of benzene rings is 1. The highest BCUT2D eigenvalue weighted by Gasteiger charge is 2.31. The number of rotatable bonds is 6. The number of nitrogens with zero attached hydrogens (tertiary/aromatic N) is 2. The molecule has 0 unspecified atom stereocenters. The Kier molecular flexibility index (Phi) is 6.27. The summed E-state index contributed by atoms with van der Waals surface area (Å²) >= 11 is 0. The molecule has 0 bridgehead atoms. The second kappa shape index (κ2) is 8.67. The molecule has 6 heteroatoms. The number of amides is 2. The van der Waals surface area contributed by atoms with E-state index in [-0.39, 0.29) is 17.7 Å². The minimum Gasteiger partial charge on any atom is -0.497 e. The fraction of sp³-hybridized carbons (Fsp3) is 0.545. The second-order valence-electron chi connectivity index (χ2n) is 7.60. The van der Waals surface area contributed by atoms with E-state index in [4.69, 9.17) is 9.15 Å². The standard InChI is InChI=1S/C22H30N2O4/c1-5-6-11-23(3)21(25)16-9-12-24(13-10-16)22(26)20-15(2)18-14-17(27-4)7-8-19(18)28-20/h7-8,14,16H,5-6,9-13H2,1-4H3. The molecule has 1 aliphatic rings. The lowest BCUT2D eigenvalue weighted by Gasteiger charge is -2.33. The summed E-state index contributed by atoms with van der Waals surface area (Å²) in [6.07, 6.45) is 3.51. The summed E-state index contributed by atoms with van der Waals surface area (Å²) in [5, 5.41) is 0.894. The second-order valence-corrected chi connectivity index (χ2v) is 7.60. The molecule has 0 N–H and O–H groups in total. The van der Waals surface area contributed by atoms with E-state index in [0.717, 1.165) is 36.1 Å². The zero-order valence-corrected chi connectivity index (χ0v) is 17.3. The monoisotopic (exact) mass is 386 g/mol. The molecule has 1 aromatic carbocycles. The van der Waals surface area contributed by atoms with Gasteiger partial charge < -0.3 is 19.0 Å². The molecule has 1 fully saturated rings. The van der Waals surface area contributed by atoms with E-state index in [1.165, 1.54) is 0 Å². The first-order valence-corrected chi connectivity index (χ1v) is 10.1. The fourth-order valence-electron chi connectivity index (χ4n) is 3.82. The molecule has 3 rings (SSSR count). The van der Waals surface area contributed by atoms with Gasteiger partial charge in [-0.3, -0.25) is 9.59 Å². The summed E-state index contributed by atoms with van der Waals surface area (Å²) in [6, 6.07) is 5.54. The van der Waals surface area contributed by atoms with E-state index < -0.39 is 0 Å². The maximum atomic E-state index is 13.0. The zero-order valence-electron chi connectivity index (χ0n) is 17.3. The summed E-state index contributed by atoms with van der Waals surface area (Å²) in [6.45, 7) is 5.99. The predicted octanol–water partition coefficient (Wildman–Crippen LogP) is 3.86. The van der Waals surface area contributed by atoms with Crippen molar-refractivity contribution in [2.24, 2.45) is 5.92 Å². The molecular weight excluding hydrogens is 356 g/mol. The number of methoxy groups -OCH3 is 1. The zero-order chi connectivity index (χ0) is 20.3. The van der Waals surface area contributed by atoms with Gasteiger partial charge in [-0.25, -0.2) is 0 Å². The van der Waals surface area contributed by atoms with Gasteiger partial charge in [0.1, 0.15) is 11.3 Å². The Hall–Kier alpha value is -2.50. The van der Waals surface area contributed by atoms with Gasteiger partial charge in [0.25, 0.3) is 5.91 Å². The summed E-state index contributed by atoms with van der Waals surface area (Å²) < 4.78 is 11.1. The van der Waals surface area contributed by atoms with Crippen LogP contribution in [0.4, 0.5) is 0 Å². The number of hydrogen-bond acceptors (Lipinski definition) is 4. The molecule has 1 aromatic heterocycles. The smallest absolute Gasteiger partial charge is 0.289 e. The Bertz CT molecular complexity index is 850. The quantitative estimate of drug-likeness (QED) is 0.756. The first-order chi connectivity index (χ1) is 13.5. The lowest BCUT2D eigenvalue weighted by atomic mass is 9.95. The number of carbonyl (C=O) groups is 2. The predicted molar refractivity (Wildman–Crippen MR) is 109 cm³/mol. The van der Waals surface area contributed by atoms with Crippen LogP contribution in [-0.2, 0) is 4.79 Å². The van der Waals surface area contributed by atoms with Crippen molar-refractivity contribution in [3.05, 3.63) is 29.5 Å². The average molecular weight is 386 g/mol. The van der Waals surface area contributed by atoms with Crippen LogP contribution in [0.3, 0.4) is 0 Å². The van der Waals surface area contributed by atoms with E-state index in [9.17, 15) is 9.59 Å². The molecule has 2 amide bonds. The van der Waals surface area contributed by atoms with Gasteiger partial charge in [0, 0.05) is 43.5 Å². The highest BCUT2D eigenvalue weighted by Crippen LogP contribution is 2.30. The Labute approximate surface area is 166 Å². The Balaban J connectivity index is 1.66. The number of ether oxygens (including phenoxy) is 1. The number of unbranched alkanes of at least 4 members (excludes halogenated alkanes) is 1. The molecule has 2 aromatic rings. The molecule has 1 saturated heterocycles. The maximum Gasteiger partial charge on any atom is 0.289 e. The van der Waals surface area contributed by atoms with Crippen molar-refractivity contribution < 1.29 is 18.7 Å². The minimum absolute atomic E-state index is 0.00642. The number of likely N-dealkylation sites (tertiary alicyclic amines) is 1. The van der Waals surface area contributed by atoms with Crippen LogP contribution in [-0.4, -0.2) is 55.4 Å². The van der Waals surface area contributed by atoms with Crippen LogP contribution in [0, 0.1) is 12.8 Å². The van der Waals surface area contributed by atoms with Crippen molar-refractivity contribution in [2.45, 2.75) is 39.5 Å². The molecule has 0 saturated carbocycles. The van der Waals surface area contributed by atoms with E-state index in [0.29, 0.717) is 37.3 Å². The lowest BCUT2D eigenvalue weighted by molar-refractivity contribution is -0.135. The SMILES string of the molecule is CCCCN(C)C(=O)C1CCN(C(=O)c2oc3ccc(OC)cc3c2C)CC1. The third kappa shape index (κ3) is 4.01. The molecule has 6 nitrogen and oxygen atoms in total. The Morgan fingerprint density at radius 1 is 1.29 bits per heavy atom. The van der Waals surface area contributed by atoms with E-state index in [1.807, 2.05) is 37.1 Å². The molecule has 0 atom stereocenters. The first kappa shape index (κ1) is 20.2. The van der Waals surface area contributed by atoms with Crippen molar-refractivity contribution in [1.82, 2.24) is 9.80 Å². The number of carbonyl (C=O) groups excluding carboxylic acids is 2.